The van der Waals surface area contributed by atoms with Gasteiger partial charge in [-0.3, -0.25) is 4.90 Å². The van der Waals surface area contributed by atoms with Gasteiger partial charge in [0.1, 0.15) is 12.4 Å². The quantitative estimate of drug-likeness (QED) is 0.754. The third-order valence-electron chi connectivity index (χ3n) is 4.41. The van der Waals surface area contributed by atoms with Gasteiger partial charge in [0.25, 0.3) is 0 Å². The SMILES string of the molecule is CCN1CCN(CCOc2ccc3ccccc3c2Br)CC1.Cl. The summed E-state index contributed by atoms with van der Waals surface area (Å²) in [4.78, 5) is 4.98. The molecule has 1 fully saturated rings. The van der Waals surface area contributed by atoms with Crippen molar-refractivity contribution < 1.29 is 4.74 Å². The number of benzene rings is 2. The highest BCUT2D eigenvalue weighted by atomic mass is 79.9. The predicted molar refractivity (Wildman–Crippen MR) is 103 cm³/mol. The molecule has 0 amide bonds. The first-order chi connectivity index (χ1) is 10.8. The van der Waals surface area contributed by atoms with E-state index in [0.29, 0.717) is 0 Å². The molecule has 2 aromatic carbocycles. The topological polar surface area (TPSA) is 15.7 Å². The van der Waals surface area contributed by atoms with Crippen LogP contribution >= 0.6 is 28.3 Å². The summed E-state index contributed by atoms with van der Waals surface area (Å²) in [6.07, 6.45) is 0. The molecule has 1 heterocycles. The van der Waals surface area contributed by atoms with Gasteiger partial charge < -0.3 is 9.64 Å². The van der Waals surface area contributed by atoms with Crippen molar-refractivity contribution in [2.45, 2.75) is 6.92 Å². The van der Waals surface area contributed by atoms with Crippen molar-refractivity contribution in [2.75, 3.05) is 45.9 Å². The third-order valence-corrected chi connectivity index (χ3v) is 5.22. The first-order valence-corrected chi connectivity index (χ1v) is 8.82. The van der Waals surface area contributed by atoms with E-state index in [1.807, 2.05) is 0 Å². The fraction of sp³-hybridized carbons (Fsp3) is 0.444. The first-order valence-electron chi connectivity index (χ1n) is 8.02. The lowest BCUT2D eigenvalue weighted by molar-refractivity contribution is 0.120. The normalized spacial score (nSPS) is 16.3. The fourth-order valence-electron chi connectivity index (χ4n) is 2.94. The minimum absolute atomic E-state index is 0. The summed E-state index contributed by atoms with van der Waals surface area (Å²) in [7, 11) is 0. The number of likely N-dealkylation sites (N-methyl/N-ethyl adjacent to an activating group) is 1. The lowest BCUT2D eigenvalue weighted by Crippen LogP contribution is -2.47. The van der Waals surface area contributed by atoms with E-state index in [4.69, 9.17) is 4.74 Å². The third kappa shape index (κ3) is 4.60. The molecule has 0 N–H and O–H groups in total. The van der Waals surface area contributed by atoms with Gasteiger partial charge in [-0.25, -0.2) is 0 Å². The Morgan fingerprint density at radius 3 is 2.43 bits per heavy atom. The second-order valence-corrected chi connectivity index (χ2v) is 6.52. The Morgan fingerprint density at radius 2 is 1.70 bits per heavy atom. The van der Waals surface area contributed by atoms with E-state index < -0.39 is 0 Å². The van der Waals surface area contributed by atoms with Crippen molar-refractivity contribution in [3.63, 3.8) is 0 Å². The van der Waals surface area contributed by atoms with Crippen LogP contribution in [0.25, 0.3) is 10.8 Å². The summed E-state index contributed by atoms with van der Waals surface area (Å²) < 4.78 is 7.06. The Hall–Kier alpha value is -0.810. The molecule has 3 nitrogen and oxygen atoms in total. The number of hydrogen-bond acceptors (Lipinski definition) is 3. The van der Waals surface area contributed by atoms with Crippen molar-refractivity contribution in [2.24, 2.45) is 0 Å². The van der Waals surface area contributed by atoms with Crippen molar-refractivity contribution in [1.29, 1.82) is 0 Å². The van der Waals surface area contributed by atoms with Gasteiger partial charge in [0.2, 0.25) is 0 Å². The number of fused-ring (bicyclic) bond motifs is 1. The maximum absolute atomic E-state index is 6.00. The predicted octanol–water partition coefficient (Wildman–Crippen LogP) is 4.04. The van der Waals surface area contributed by atoms with E-state index in [-0.39, 0.29) is 12.4 Å². The van der Waals surface area contributed by atoms with Gasteiger partial charge in [-0.15, -0.1) is 12.4 Å². The van der Waals surface area contributed by atoms with Crippen molar-refractivity contribution in [3.05, 3.63) is 40.9 Å². The number of nitrogens with zero attached hydrogens (tertiary/aromatic N) is 2. The molecule has 3 rings (SSSR count). The van der Waals surface area contributed by atoms with Crippen LogP contribution in [0.15, 0.2) is 40.9 Å². The molecule has 1 saturated heterocycles. The van der Waals surface area contributed by atoms with Crippen LogP contribution < -0.4 is 4.74 Å². The number of rotatable bonds is 5. The summed E-state index contributed by atoms with van der Waals surface area (Å²) in [5.74, 6) is 0.936. The standard InChI is InChI=1S/C18H23BrN2O.ClH/c1-2-20-9-11-21(12-10-20)13-14-22-17-8-7-15-5-3-4-6-16(15)18(17)19;/h3-8H,2,9-14H2,1H3;1H. The first kappa shape index (κ1) is 18.5. The van der Waals surface area contributed by atoms with Crippen LogP contribution in [0.2, 0.25) is 0 Å². The molecule has 0 aromatic heterocycles. The Kier molecular flexibility index (Phi) is 7.15. The number of hydrogen-bond donors (Lipinski definition) is 0. The Bertz CT molecular complexity index is 629. The summed E-state index contributed by atoms with van der Waals surface area (Å²) in [6.45, 7) is 9.78. The molecule has 0 spiro atoms. The van der Waals surface area contributed by atoms with E-state index in [2.05, 4.69) is 69.1 Å². The van der Waals surface area contributed by atoms with Gasteiger partial charge in [0.05, 0.1) is 4.47 Å². The van der Waals surface area contributed by atoms with Crippen LogP contribution in [0.1, 0.15) is 6.92 Å². The molecule has 2 aromatic rings. The van der Waals surface area contributed by atoms with Crippen LogP contribution in [0.3, 0.4) is 0 Å². The van der Waals surface area contributed by atoms with Gasteiger partial charge in [0, 0.05) is 32.7 Å². The van der Waals surface area contributed by atoms with Crippen molar-refractivity contribution in [1.82, 2.24) is 9.80 Å². The van der Waals surface area contributed by atoms with Crippen LogP contribution in [0.4, 0.5) is 0 Å². The second-order valence-electron chi connectivity index (χ2n) is 5.72. The molecule has 0 radical (unpaired) electrons. The Labute approximate surface area is 153 Å². The smallest absolute Gasteiger partial charge is 0.134 e. The van der Waals surface area contributed by atoms with Crippen LogP contribution in [-0.2, 0) is 0 Å². The number of halogens is 2. The Balaban J connectivity index is 0.00000192. The Morgan fingerprint density at radius 1 is 1.00 bits per heavy atom. The molecule has 0 saturated carbocycles. The fourth-order valence-corrected chi connectivity index (χ4v) is 3.55. The monoisotopic (exact) mass is 398 g/mol. The zero-order valence-electron chi connectivity index (χ0n) is 13.5. The molecule has 23 heavy (non-hydrogen) atoms. The lowest BCUT2D eigenvalue weighted by atomic mass is 10.1. The summed E-state index contributed by atoms with van der Waals surface area (Å²) in [5, 5.41) is 2.44. The van der Waals surface area contributed by atoms with Gasteiger partial charge in [-0.2, -0.15) is 0 Å². The van der Waals surface area contributed by atoms with Gasteiger partial charge in [-0.05, 0) is 39.3 Å². The summed E-state index contributed by atoms with van der Waals surface area (Å²) in [6, 6.07) is 12.5. The highest BCUT2D eigenvalue weighted by molar-refractivity contribution is 9.10. The van der Waals surface area contributed by atoms with E-state index in [9.17, 15) is 0 Å². The van der Waals surface area contributed by atoms with E-state index in [1.165, 1.54) is 23.9 Å². The van der Waals surface area contributed by atoms with Gasteiger partial charge >= 0.3 is 0 Å². The minimum Gasteiger partial charge on any atom is -0.491 e. The van der Waals surface area contributed by atoms with Crippen molar-refractivity contribution >= 4 is 39.1 Å². The van der Waals surface area contributed by atoms with Gasteiger partial charge in [-0.1, -0.05) is 37.3 Å². The molecule has 0 unspecified atom stereocenters. The summed E-state index contributed by atoms with van der Waals surface area (Å²) >= 11 is 3.68. The zero-order chi connectivity index (χ0) is 15.4. The number of ether oxygens (including phenoxy) is 1. The maximum atomic E-state index is 6.00. The molecule has 1 aliphatic heterocycles. The molecule has 0 atom stereocenters. The number of piperazine rings is 1. The van der Waals surface area contributed by atoms with Crippen LogP contribution in [-0.4, -0.2) is 55.7 Å². The average Bonchev–Trinajstić information content (AvgIpc) is 2.58. The van der Waals surface area contributed by atoms with Crippen molar-refractivity contribution in [3.8, 4) is 5.75 Å². The molecule has 0 bridgehead atoms. The van der Waals surface area contributed by atoms with Gasteiger partial charge in [0.15, 0.2) is 0 Å². The average molecular weight is 400 g/mol. The molecule has 5 heteroatoms. The van der Waals surface area contributed by atoms with Crippen LogP contribution in [0, 0.1) is 0 Å². The second kappa shape index (κ2) is 8.88. The van der Waals surface area contributed by atoms with E-state index in [0.717, 1.165) is 43.0 Å². The maximum Gasteiger partial charge on any atom is 0.134 e. The van der Waals surface area contributed by atoms with E-state index in [1.54, 1.807) is 0 Å². The molecular formula is C18H24BrClN2O. The highest BCUT2D eigenvalue weighted by Gasteiger charge is 2.15. The lowest BCUT2D eigenvalue weighted by Gasteiger charge is -2.33. The highest BCUT2D eigenvalue weighted by Crippen LogP contribution is 2.32. The minimum atomic E-state index is 0. The molecular weight excluding hydrogens is 376 g/mol. The zero-order valence-corrected chi connectivity index (χ0v) is 15.9. The molecule has 0 aliphatic carbocycles. The molecule has 126 valence electrons. The molecule has 1 aliphatic rings. The largest absolute Gasteiger partial charge is 0.491 e. The van der Waals surface area contributed by atoms with Crippen LogP contribution in [0.5, 0.6) is 5.75 Å². The van der Waals surface area contributed by atoms with E-state index >= 15 is 0 Å². The summed E-state index contributed by atoms with van der Waals surface area (Å²) in [5.41, 5.74) is 0.